The highest BCUT2D eigenvalue weighted by molar-refractivity contribution is 7.89. The number of sulfonamides is 1. The van der Waals surface area contributed by atoms with Crippen molar-refractivity contribution >= 4 is 21.6 Å². The van der Waals surface area contributed by atoms with E-state index in [1.165, 1.54) is 12.4 Å². The van der Waals surface area contributed by atoms with E-state index >= 15 is 0 Å². The zero-order valence-corrected chi connectivity index (χ0v) is 12.9. The summed E-state index contributed by atoms with van der Waals surface area (Å²) in [5, 5.41) is 4.58. The van der Waals surface area contributed by atoms with Gasteiger partial charge in [-0.05, 0) is 30.7 Å². The van der Waals surface area contributed by atoms with Gasteiger partial charge in [-0.2, -0.15) is 5.10 Å². The first kappa shape index (κ1) is 16.0. The zero-order chi connectivity index (χ0) is 15.3. The van der Waals surface area contributed by atoms with Gasteiger partial charge in [0.15, 0.2) is 0 Å². The molecule has 1 aromatic carbocycles. The first-order valence-corrected chi connectivity index (χ1v) is 8.34. The molecule has 1 aromatic heterocycles. The number of rotatable bonds is 7. The Morgan fingerprint density at radius 3 is 2.90 bits per heavy atom. The predicted octanol–water partition coefficient (Wildman–Crippen LogP) is 1.36. The van der Waals surface area contributed by atoms with Gasteiger partial charge in [-0.15, -0.1) is 0 Å². The van der Waals surface area contributed by atoms with Crippen molar-refractivity contribution in [1.29, 1.82) is 0 Å². The molecule has 21 heavy (non-hydrogen) atoms. The number of hydrogen-bond donors (Lipinski definition) is 2. The van der Waals surface area contributed by atoms with Crippen LogP contribution in [0.5, 0.6) is 0 Å². The molecule has 0 saturated heterocycles. The number of nitrogens with one attached hydrogen (secondary N) is 1. The summed E-state index contributed by atoms with van der Waals surface area (Å²) in [7, 11) is -3.58. The van der Waals surface area contributed by atoms with Crippen LogP contribution < -0.4 is 10.5 Å². The number of hydrogen-bond acceptors (Lipinski definition) is 4. The minimum Gasteiger partial charge on any atom is -0.330 e. The lowest BCUT2D eigenvalue weighted by molar-refractivity contribution is 0.576. The molecule has 0 unspecified atom stereocenters. The molecule has 0 aliphatic heterocycles. The van der Waals surface area contributed by atoms with Gasteiger partial charge < -0.3 is 5.73 Å². The molecule has 114 valence electrons. The van der Waals surface area contributed by atoms with Crippen LogP contribution in [0.4, 0.5) is 0 Å². The monoisotopic (exact) mass is 328 g/mol. The fourth-order valence-electron chi connectivity index (χ4n) is 1.77. The third kappa shape index (κ3) is 4.53. The lowest BCUT2D eigenvalue weighted by atomic mass is 10.2. The van der Waals surface area contributed by atoms with Crippen LogP contribution in [-0.2, 0) is 23.1 Å². The quantitative estimate of drug-likeness (QED) is 0.803. The van der Waals surface area contributed by atoms with E-state index in [1.807, 2.05) is 0 Å². The number of benzene rings is 1. The average molecular weight is 329 g/mol. The number of aromatic nitrogens is 2. The summed E-state index contributed by atoms with van der Waals surface area (Å²) in [5.41, 5.74) is 6.20. The predicted molar refractivity (Wildman–Crippen MR) is 81.4 cm³/mol. The molecule has 2 rings (SSSR count). The zero-order valence-electron chi connectivity index (χ0n) is 11.4. The van der Waals surface area contributed by atoms with Crippen LogP contribution in [-0.4, -0.2) is 24.7 Å². The number of nitrogens with two attached hydrogens (primary N) is 1. The van der Waals surface area contributed by atoms with E-state index in [-0.39, 0.29) is 11.4 Å². The molecule has 0 aliphatic carbocycles. The van der Waals surface area contributed by atoms with E-state index in [9.17, 15) is 8.42 Å². The molecule has 2 aromatic rings. The molecule has 0 bridgehead atoms. The van der Waals surface area contributed by atoms with Crippen molar-refractivity contribution < 1.29 is 8.42 Å². The lowest BCUT2D eigenvalue weighted by Gasteiger charge is -2.05. The van der Waals surface area contributed by atoms with Gasteiger partial charge in [0.25, 0.3) is 0 Å². The van der Waals surface area contributed by atoms with E-state index < -0.39 is 10.0 Å². The molecule has 0 radical (unpaired) electrons. The van der Waals surface area contributed by atoms with Crippen molar-refractivity contribution in [3.8, 4) is 0 Å². The Bertz CT molecular complexity index is 700. The number of halogens is 1. The van der Waals surface area contributed by atoms with Crippen LogP contribution in [0.3, 0.4) is 0 Å². The van der Waals surface area contributed by atoms with Gasteiger partial charge in [-0.3, -0.25) is 4.68 Å². The third-order valence-electron chi connectivity index (χ3n) is 2.87. The average Bonchev–Trinajstić information content (AvgIpc) is 2.93. The van der Waals surface area contributed by atoms with Crippen molar-refractivity contribution in [2.24, 2.45) is 5.73 Å². The van der Waals surface area contributed by atoms with Crippen LogP contribution in [0, 0.1) is 0 Å². The van der Waals surface area contributed by atoms with Gasteiger partial charge in [0.05, 0.1) is 6.20 Å². The van der Waals surface area contributed by atoms with Crippen LogP contribution in [0.15, 0.2) is 41.6 Å². The number of aryl methyl sites for hydroxylation is 1. The highest BCUT2D eigenvalue weighted by atomic mass is 35.5. The molecule has 0 fully saturated rings. The standard InChI is InChI=1S/C13H17ClN4O2S/c14-12-4-1-3-11(7-12)8-17-21(19,20)13-9-16-18(10-13)6-2-5-15/h1,3-4,7,9-10,17H,2,5-6,8,15H2. The SMILES string of the molecule is NCCCn1cc(S(=O)(=O)NCc2cccc(Cl)c2)cn1. The van der Waals surface area contributed by atoms with Crippen molar-refractivity contribution in [2.75, 3.05) is 6.54 Å². The summed E-state index contributed by atoms with van der Waals surface area (Å²) >= 11 is 5.86. The van der Waals surface area contributed by atoms with Crippen LogP contribution in [0.1, 0.15) is 12.0 Å². The summed E-state index contributed by atoms with van der Waals surface area (Å²) in [4.78, 5) is 0.140. The Morgan fingerprint density at radius 1 is 1.38 bits per heavy atom. The minimum absolute atomic E-state index is 0.140. The highest BCUT2D eigenvalue weighted by Gasteiger charge is 2.16. The van der Waals surface area contributed by atoms with Gasteiger partial charge in [-0.1, -0.05) is 23.7 Å². The van der Waals surface area contributed by atoms with Gasteiger partial charge in [-0.25, -0.2) is 13.1 Å². The molecule has 0 saturated carbocycles. The molecule has 3 N–H and O–H groups in total. The first-order valence-electron chi connectivity index (χ1n) is 6.48. The summed E-state index contributed by atoms with van der Waals surface area (Å²) in [6.07, 6.45) is 3.57. The summed E-state index contributed by atoms with van der Waals surface area (Å²) < 4.78 is 28.4. The fourth-order valence-corrected chi connectivity index (χ4v) is 2.95. The summed E-state index contributed by atoms with van der Waals surface area (Å²) in [6, 6.07) is 7.03. The maximum Gasteiger partial charge on any atom is 0.243 e. The maximum atomic E-state index is 12.2. The van der Waals surface area contributed by atoms with E-state index in [2.05, 4.69) is 9.82 Å². The van der Waals surface area contributed by atoms with E-state index in [0.717, 1.165) is 12.0 Å². The Hall–Kier alpha value is -1.41. The Morgan fingerprint density at radius 2 is 2.19 bits per heavy atom. The largest absolute Gasteiger partial charge is 0.330 e. The minimum atomic E-state index is -3.58. The van der Waals surface area contributed by atoms with Gasteiger partial charge in [0, 0.05) is 24.3 Å². The van der Waals surface area contributed by atoms with Gasteiger partial charge >= 0.3 is 0 Å². The molecule has 8 heteroatoms. The van der Waals surface area contributed by atoms with Crippen molar-refractivity contribution in [2.45, 2.75) is 24.4 Å². The fraction of sp³-hybridized carbons (Fsp3) is 0.308. The van der Waals surface area contributed by atoms with E-state index in [4.69, 9.17) is 17.3 Å². The summed E-state index contributed by atoms with van der Waals surface area (Å²) in [5.74, 6) is 0. The van der Waals surface area contributed by atoms with E-state index in [0.29, 0.717) is 18.1 Å². The Balaban J connectivity index is 2.02. The second-order valence-electron chi connectivity index (χ2n) is 4.54. The van der Waals surface area contributed by atoms with Crippen molar-refractivity contribution in [3.63, 3.8) is 0 Å². The second kappa shape index (κ2) is 7.04. The molecular weight excluding hydrogens is 312 g/mol. The second-order valence-corrected chi connectivity index (χ2v) is 6.74. The third-order valence-corrected chi connectivity index (χ3v) is 4.46. The number of nitrogens with zero attached hydrogens (tertiary/aromatic N) is 2. The van der Waals surface area contributed by atoms with Crippen LogP contribution in [0.2, 0.25) is 5.02 Å². The van der Waals surface area contributed by atoms with Crippen LogP contribution in [0.25, 0.3) is 0 Å². The van der Waals surface area contributed by atoms with Crippen molar-refractivity contribution in [3.05, 3.63) is 47.2 Å². The molecule has 0 spiro atoms. The first-order chi connectivity index (χ1) is 10.0. The van der Waals surface area contributed by atoms with Gasteiger partial charge in [0.1, 0.15) is 4.90 Å². The molecule has 1 heterocycles. The Kier molecular flexibility index (Phi) is 5.35. The lowest BCUT2D eigenvalue weighted by Crippen LogP contribution is -2.22. The van der Waals surface area contributed by atoms with Crippen molar-refractivity contribution in [1.82, 2.24) is 14.5 Å². The molecule has 0 atom stereocenters. The van der Waals surface area contributed by atoms with E-state index in [1.54, 1.807) is 28.9 Å². The smallest absolute Gasteiger partial charge is 0.243 e. The molecule has 0 aliphatic rings. The molecular formula is C13H17ClN4O2S. The van der Waals surface area contributed by atoms with Crippen LogP contribution >= 0.6 is 11.6 Å². The highest BCUT2D eigenvalue weighted by Crippen LogP contribution is 2.12. The molecule has 6 nitrogen and oxygen atoms in total. The summed E-state index contributed by atoms with van der Waals surface area (Å²) in [6.45, 7) is 1.31. The Labute approximate surface area is 129 Å². The maximum absolute atomic E-state index is 12.2. The molecule has 0 amide bonds. The normalized spacial score (nSPS) is 11.7. The van der Waals surface area contributed by atoms with Gasteiger partial charge in [0.2, 0.25) is 10.0 Å². The topological polar surface area (TPSA) is 90.0 Å².